The number of nitrogens with zero attached hydrogens (tertiary/aromatic N) is 2. The Bertz CT molecular complexity index is 1020. The minimum atomic E-state index is -0.706. The molecule has 0 radical (unpaired) electrons. The molecule has 0 aliphatic rings. The number of hydrogen-bond donors (Lipinski definition) is 0. The van der Waals surface area contributed by atoms with Crippen LogP contribution >= 0.6 is 7.92 Å². The van der Waals surface area contributed by atoms with E-state index in [9.17, 15) is 0 Å². The van der Waals surface area contributed by atoms with E-state index in [0.717, 1.165) is 11.4 Å². The summed E-state index contributed by atoms with van der Waals surface area (Å²) in [6.07, 6.45) is 0. The normalized spacial score (nSPS) is 11.2. The van der Waals surface area contributed by atoms with E-state index in [1.165, 1.54) is 21.5 Å². The minimum Gasteiger partial charge on any atom is -0.151 e. The van der Waals surface area contributed by atoms with Crippen LogP contribution in [0, 0.1) is 6.92 Å². The van der Waals surface area contributed by atoms with E-state index in [-0.39, 0.29) is 0 Å². The molecule has 0 saturated heterocycles. The smallest absolute Gasteiger partial charge is 0.0940 e. The first-order valence-corrected chi connectivity index (χ1v) is 10.6. The molecule has 0 spiro atoms. The number of hydrogen-bond acceptors (Lipinski definition) is 2. The van der Waals surface area contributed by atoms with Gasteiger partial charge >= 0.3 is 0 Å². The van der Waals surface area contributed by atoms with Crippen LogP contribution in [0.2, 0.25) is 0 Å². The Hall–Kier alpha value is -3.09. The van der Waals surface area contributed by atoms with E-state index in [1.54, 1.807) is 0 Å². The van der Waals surface area contributed by atoms with Gasteiger partial charge in [0.1, 0.15) is 0 Å². The number of rotatable bonds is 5. The van der Waals surface area contributed by atoms with Crippen LogP contribution in [0.3, 0.4) is 0 Å². The van der Waals surface area contributed by atoms with Gasteiger partial charge in [-0.05, 0) is 43.7 Å². The molecular formula is C25H21N2P. The van der Waals surface area contributed by atoms with Gasteiger partial charge < -0.3 is 0 Å². The second-order valence-corrected chi connectivity index (χ2v) is 8.72. The van der Waals surface area contributed by atoms with Gasteiger partial charge in [-0.2, -0.15) is 5.11 Å². The molecule has 0 aliphatic carbocycles. The molecule has 0 aliphatic heterocycles. The third kappa shape index (κ3) is 4.24. The van der Waals surface area contributed by atoms with Crippen molar-refractivity contribution in [2.45, 2.75) is 6.92 Å². The zero-order chi connectivity index (χ0) is 19.2. The van der Waals surface area contributed by atoms with E-state index in [2.05, 4.69) is 102 Å². The number of aryl methyl sites for hydroxylation is 1. The molecule has 0 bridgehead atoms. The second-order valence-electron chi connectivity index (χ2n) is 6.53. The van der Waals surface area contributed by atoms with Gasteiger partial charge in [-0.3, -0.25) is 0 Å². The molecule has 4 aromatic carbocycles. The lowest BCUT2D eigenvalue weighted by Crippen LogP contribution is -2.20. The third-order valence-corrected chi connectivity index (χ3v) is 6.95. The van der Waals surface area contributed by atoms with Crippen LogP contribution in [0.4, 0.5) is 11.4 Å². The summed E-state index contributed by atoms with van der Waals surface area (Å²) in [5, 5.41) is 12.9. The van der Waals surface area contributed by atoms with Gasteiger partial charge in [0.2, 0.25) is 0 Å². The molecule has 0 unspecified atom stereocenters. The van der Waals surface area contributed by atoms with Gasteiger partial charge in [0.15, 0.2) is 0 Å². The summed E-state index contributed by atoms with van der Waals surface area (Å²) in [5.41, 5.74) is 3.00. The molecule has 0 saturated carbocycles. The number of azo groups is 1. The summed E-state index contributed by atoms with van der Waals surface area (Å²) < 4.78 is 0. The summed E-state index contributed by atoms with van der Waals surface area (Å²) in [4.78, 5) is 0. The maximum atomic E-state index is 4.62. The quantitative estimate of drug-likeness (QED) is 0.292. The Morgan fingerprint density at radius 3 is 1.68 bits per heavy atom. The number of benzene rings is 4. The van der Waals surface area contributed by atoms with E-state index in [1.807, 2.05) is 24.3 Å². The summed E-state index contributed by atoms with van der Waals surface area (Å²) in [6, 6.07) is 37.8. The first kappa shape index (κ1) is 18.3. The van der Waals surface area contributed by atoms with E-state index < -0.39 is 7.92 Å². The first-order chi connectivity index (χ1) is 13.8. The van der Waals surface area contributed by atoms with Crippen molar-refractivity contribution in [1.29, 1.82) is 0 Å². The predicted molar refractivity (Wildman–Crippen MR) is 121 cm³/mol. The Labute approximate surface area is 167 Å². The van der Waals surface area contributed by atoms with Crippen LogP contribution in [-0.2, 0) is 0 Å². The summed E-state index contributed by atoms with van der Waals surface area (Å²) >= 11 is 0. The maximum absolute atomic E-state index is 4.62. The van der Waals surface area contributed by atoms with Crippen molar-refractivity contribution in [2.75, 3.05) is 0 Å². The van der Waals surface area contributed by atoms with Crippen molar-refractivity contribution in [1.82, 2.24) is 0 Å². The van der Waals surface area contributed by atoms with Gasteiger partial charge in [-0.1, -0.05) is 96.6 Å². The monoisotopic (exact) mass is 380 g/mol. The summed E-state index contributed by atoms with van der Waals surface area (Å²) in [5.74, 6) is 0. The van der Waals surface area contributed by atoms with Crippen molar-refractivity contribution in [3.05, 3.63) is 115 Å². The minimum absolute atomic E-state index is 0.706. The van der Waals surface area contributed by atoms with Gasteiger partial charge in [-0.25, -0.2) is 0 Å². The molecule has 3 heteroatoms. The zero-order valence-corrected chi connectivity index (χ0v) is 16.6. The second kappa shape index (κ2) is 8.73. The van der Waals surface area contributed by atoms with Crippen LogP contribution < -0.4 is 15.9 Å². The highest BCUT2D eigenvalue weighted by Crippen LogP contribution is 2.36. The lowest BCUT2D eigenvalue weighted by Gasteiger charge is -2.20. The molecule has 0 amide bonds. The van der Waals surface area contributed by atoms with Crippen molar-refractivity contribution in [3.63, 3.8) is 0 Å². The topological polar surface area (TPSA) is 24.7 Å². The largest absolute Gasteiger partial charge is 0.151 e. The molecule has 0 fully saturated rings. The highest BCUT2D eigenvalue weighted by atomic mass is 31.1. The zero-order valence-electron chi connectivity index (χ0n) is 15.7. The predicted octanol–water partition coefficient (Wildman–Crippen LogP) is 6.17. The van der Waals surface area contributed by atoms with Crippen LogP contribution in [0.15, 0.2) is 119 Å². The Morgan fingerprint density at radius 2 is 1.07 bits per heavy atom. The van der Waals surface area contributed by atoms with Crippen LogP contribution in [0.25, 0.3) is 0 Å². The molecule has 4 rings (SSSR count). The van der Waals surface area contributed by atoms with Gasteiger partial charge in [0.25, 0.3) is 0 Å². The fourth-order valence-electron chi connectivity index (χ4n) is 3.04. The molecule has 28 heavy (non-hydrogen) atoms. The average Bonchev–Trinajstić information content (AvgIpc) is 2.76. The first-order valence-electron chi connectivity index (χ1n) is 9.29. The summed E-state index contributed by atoms with van der Waals surface area (Å²) in [7, 11) is -0.706. The van der Waals surface area contributed by atoms with Crippen molar-refractivity contribution < 1.29 is 0 Å². The molecule has 0 aromatic heterocycles. The highest BCUT2D eigenvalue weighted by Gasteiger charge is 2.19. The molecule has 2 nitrogen and oxygen atoms in total. The molecule has 0 atom stereocenters. The fourth-order valence-corrected chi connectivity index (χ4v) is 5.42. The molecule has 0 heterocycles. The van der Waals surface area contributed by atoms with E-state index >= 15 is 0 Å². The van der Waals surface area contributed by atoms with Gasteiger partial charge in [0.05, 0.1) is 11.4 Å². The lowest BCUT2D eigenvalue weighted by atomic mass is 10.2. The maximum Gasteiger partial charge on any atom is 0.0940 e. The average molecular weight is 380 g/mol. The Kier molecular flexibility index (Phi) is 5.70. The fraction of sp³-hybridized carbons (Fsp3) is 0.0400. The Morgan fingerprint density at radius 1 is 0.536 bits per heavy atom. The SMILES string of the molecule is Cc1ccc(N=Nc2ccccc2P(c2ccccc2)c2ccccc2)cc1. The van der Waals surface area contributed by atoms with Crippen LogP contribution in [0.5, 0.6) is 0 Å². The van der Waals surface area contributed by atoms with Crippen LogP contribution in [-0.4, -0.2) is 0 Å². The third-order valence-electron chi connectivity index (χ3n) is 4.46. The standard InChI is InChI=1S/C25H21N2P/c1-20-16-18-21(19-17-20)26-27-24-14-8-9-15-25(24)28(22-10-4-2-5-11-22)23-12-6-3-7-13-23/h2-19H,1H3. The van der Waals surface area contributed by atoms with Crippen molar-refractivity contribution in [3.8, 4) is 0 Å². The molecule has 0 N–H and O–H groups in total. The summed E-state index contributed by atoms with van der Waals surface area (Å²) in [6.45, 7) is 2.07. The van der Waals surface area contributed by atoms with Crippen molar-refractivity contribution >= 4 is 35.2 Å². The lowest BCUT2D eigenvalue weighted by molar-refractivity contribution is 1.23. The molecule has 4 aromatic rings. The highest BCUT2D eigenvalue weighted by molar-refractivity contribution is 7.80. The Balaban J connectivity index is 1.78. The van der Waals surface area contributed by atoms with E-state index in [4.69, 9.17) is 0 Å². The van der Waals surface area contributed by atoms with E-state index in [0.29, 0.717) is 0 Å². The molecule has 136 valence electrons. The van der Waals surface area contributed by atoms with Crippen LogP contribution in [0.1, 0.15) is 5.56 Å². The van der Waals surface area contributed by atoms with Gasteiger partial charge in [0, 0.05) is 5.30 Å². The van der Waals surface area contributed by atoms with Gasteiger partial charge in [-0.15, -0.1) is 5.11 Å². The molecular weight excluding hydrogens is 359 g/mol. The van der Waals surface area contributed by atoms with Crippen molar-refractivity contribution in [2.24, 2.45) is 10.2 Å².